The van der Waals surface area contributed by atoms with Crippen molar-refractivity contribution >= 4 is 0 Å². The second-order valence-corrected chi connectivity index (χ2v) is 4.52. The highest BCUT2D eigenvalue weighted by Crippen LogP contribution is 2.13. The first-order valence-electron chi connectivity index (χ1n) is 5.70. The molecule has 1 saturated heterocycles. The molecule has 0 unspecified atom stereocenters. The second-order valence-electron chi connectivity index (χ2n) is 4.52. The molecule has 1 aliphatic rings. The van der Waals surface area contributed by atoms with Crippen molar-refractivity contribution in [2.24, 2.45) is 0 Å². The van der Waals surface area contributed by atoms with Crippen LogP contribution >= 0.6 is 0 Å². The summed E-state index contributed by atoms with van der Waals surface area (Å²) >= 11 is 0. The Hall–Kier alpha value is -0.860. The molecule has 0 spiro atoms. The Labute approximate surface area is 91.5 Å². The zero-order valence-corrected chi connectivity index (χ0v) is 9.32. The van der Waals surface area contributed by atoms with Crippen LogP contribution in [0.15, 0.2) is 24.3 Å². The Morgan fingerprint density at radius 3 is 2.73 bits per heavy atom. The van der Waals surface area contributed by atoms with E-state index in [1.807, 2.05) is 0 Å². The predicted octanol–water partition coefficient (Wildman–Crippen LogP) is 1.95. The summed E-state index contributed by atoms with van der Waals surface area (Å²) in [6, 6.07) is 8.65. The van der Waals surface area contributed by atoms with Gasteiger partial charge >= 0.3 is 0 Å². The molecule has 1 aromatic rings. The fourth-order valence-corrected chi connectivity index (χ4v) is 2.13. The van der Waals surface area contributed by atoms with Gasteiger partial charge in [0.1, 0.15) is 0 Å². The summed E-state index contributed by atoms with van der Waals surface area (Å²) in [6.07, 6.45) is 1.96. The summed E-state index contributed by atoms with van der Waals surface area (Å²) in [5, 5.41) is 9.56. The lowest BCUT2D eigenvalue weighted by atomic mass is 10.1. The summed E-state index contributed by atoms with van der Waals surface area (Å²) < 4.78 is 0. The number of rotatable bonds is 2. The molecule has 0 aliphatic carbocycles. The van der Waals surface area contributed by atoms with E-state index in [-0.39, 0.29) is 6.10 Å². The van der Waals surface area contributed by atoms with Gasteiger partial charge in [-0.3, -0.25) is 4.90 Å². The highest BCUT2D eigenvalue weighted by molar-refractivity contribution is 5.21. The van der Waals surface area contributed by atoms with Crippen molar-refractivity contribution in [2.45, 2.75) is 32.4 Å². The minimum atomic E-state index is -0.121. The van der Waals surface area contributed by atoms with Crippen molar-refractivity contribution in [3.63, 3.8) is 0 Å². The molecule has 0 aromatic heterocycles. The maximum atomic E-state index is 9.56. The molecule has 2 heteroatoms. The van der Waals surface area contributed by atoms with E-state index >= 15 is 0 Å². The molecule has 0 radical (unpaired) electrons. The first-order chi connectivity index (χ1) is 7.24. The molecule has 1 atom stereocenters. The average molecular weight is 205 g/mol. The number of benzene rings is 1. The van der Waals surface area contributed by atoms with Crippen LogP contribution in [0.5, 0.6) is 0 Å². The number of aliphatic hydroxyl groups is 1. The summed E-state index contributed by atoms with van der Waals surface area (Å²) in [4.78, 5) is 2.33. The van der Waals surface area contributed by atoms with Gasteiger partial charge in [-0.25, -0.2) is 0 Å². The number of likely N-dealkylation sites (tertiary alicyclic amines) is 1. The first kappa shape index (κ1) is 10.7. The number of aliphatic hydroxyl groups excluding tert-OH is 1. The fraction of sp³-hybridized carbons (Fsp3) is 0.538. The van der Waals surface area contributed by atoms with E-state index in [4.69, 9.17) is 0 Å². The van der Waals surface area contributed by atoms with Crippen molar-refractivity contribution < 1.29 is 5.11 Å². The van der Waals surface area contributed by atoms with Crippen LogP contribution in [0.2, 0.25) is 0 Å². The average Bonchev–Trinajstić information content (AvgIpc) is 2.22. The van der Waals surface area contributed by atoms with E-state index < -0.39 is 0 Å². The second kappa shape index (κ2) is 4.77. The monoisotopic (exact) mass is 205 g/mol. The minimum Gasteiger partial charge on any atom is -0.392 e. The van der Waals surface area contributed by atoms with E-state index in [2.05, 4.69) is 36.1 Å². The quantitative estimate of drug-likeness (QED) is 0.797. The van der Waals surface area contributed by atoms with Gasteiger partial charge in [0, 0.05) is 13.1 Å². The molecule has 0 saturated carbocycles. The van der Waals surface area contributed by atoms with Gasteiger partial charge in [-0.1, -0.05) is 29.8 Å². The van der Waals surface area contributed by atoms with Crippen LogP contribution in [0.25, 0.3) is 0 Å². The van der Waals surface area contributed by atoms with Gasteiger partial charge in [-0.05, 0) is 31.9 Å². The van der Waals surface area contributed by atoms with Crippen LogP contribution in [0.1, 0.15) is 24.0 Å². The van der Waals surface area contributed by atoms with Gasteiger partial charge in [0.25, 0.3) is 0 Å². The van der Waals surface area contributed by atoms with Crippen LogP contribution in [-0.4, -0.2) is 29.2 Å². The number of aryl methyl sites for hydroxylation is 1. The van der Waals surface area contributed by atoms with Crippen molar-refractivity contribution in [3.8, 4) is 0 Å². The lowest BCUT2D eigenvalue weighted by Gasteiger charge is -2.29. The number of hydrogen-bond donors (Lipinski definition) is 1. The zero-order chi connectivity index (χ0) is 10.7. The van der Waals surface area contributed by atoms with Crippen LogP contribution in [-0.2, 0) is 6.54 Å². The van der Waals surface area contributed by atoms with Crippen molar-refractivity contribution in [1.82, 2.24) is 4.90 Å². The molecule has 1 N–H and O–H groups in total. The molecule has 0 amide bonds. The molecule has 1 fully saturated rings. The van der Waals surface area contributed by atoms with Crippen LogP contribution in [0.4, 0.5) is 0 Å². The van der Waals surface area contributed by atoms with Gasteiger partial charge in [0.05, 0.1) is 6.10 Å². The summed E-state index contributed by atoms with van der Waals surface area (Å²) in [6.45, 7) is 5.02. The van der Waals surface area contributed by atoms with Gasteiger partial charge in [0.15, 0.2) is 0 Å². The van der Waals surface area contributed by atoms with Gasteiger partial charge < -0.3 is 5.11 Å². The minimum absolute atomic E-state index is 0.121. The first-order valence-corrected chi connectivity index (χ1v) is 5.70. The van der Waals surface area contributed by atoms with E-state index in [9.17, 15) is 5.11 Å². The Kier molecular flexibility index (Phi) is 3.39. The molecule has 82 valence electrons. The van der Waals surface area contributed by atoms with Crippen molar-refractivity contribution in [2.75, 3.05) is 13.1 Å². The van der Waals surface area contributed by atoms with Crippen LogP contribution in [0.3, 0.4) is 0 Å². The Bertz CT molecular complexity index is 307. The van der Waals surface area contributed by atoms with Crippen molar-refractivity contribution in [1.29, 1.82) is 0 Å². The largest absolute Gasteiger partial charge is 0.392 e. The topological polar surface area (TPSA) is 23.5 Å². The third-order valence-corrected chi connectivity index (χ3v) is 3.01. The standard InChI is InChI=1S/C13H19NO/c1-11-4-6-12(7-5-11)9-14-8-2-3-13(15)10-14/h4-7,13,15H,2-3,8-10H2,1H3/t13-/m1/s1. The summed E-state index contributed by atoms with van der Waals surface area (Å²) in [5.74, 6) is 0. The third-order valence-electron chi connectivity index (χ3n) is 3.01. The summed E-state index contributed by atoms with van der Waals surface area (Å²) in [7, 11) is 0. The van der Waals surface area contributed by atoms with E-state index in [0.717, 1.165) is 32.5 Å². The Morgan fingerprint density at radius 1 is 1.33 bits per heavy atom. The fourth-order valence-electron chi connectivity index (χ4n) is 2.13. The number of nitrogens with zero attached hydrogens (tertiary/aromatic N) is 1. The molecular weight excluding hydrogens is 186 g/mol. The number of β-amino-alcohol motifs (C(OH)–C–C–N with tert-alkyl or cyclic N) is 1. The maximum absolute atomic E-state index is 9.56. The molecule has 2 nitrogen and oxygen atoms in total. The molecule has 0 bridgehead atoms. The highest BCUT2D eigenvalue weighted by Gasteiger charge is 2.17. The molecule has 1 aliphatic heterocycles. The SMILES string of the molecule is Cc1ccc(CN2CCC[C@@H](O)C2)cc1. The third kappa shape index (κ3) is 3.05. The number of hydrogen-bond acceptors (Lipinski definition) is 2. The van der Waals surface area contributed by atoms with E-state index in [1.165, 1.54) is 11.1 Å². The predicted molar refractivity (Wildman–Crippen MR) is 61.7 cm³/mol. The number of piperidine rings is 1. The smallest absolute Gasteiger partial charge is 0.0667 e. The lowest BCUT2D eigenvalue weighted by Crippen LogP contribution is -2.37. The molecule has 15 heavy (non-hydrogen) atoms. The highest BCUT2D eigenvalue weighted by atomic mass is 16.3. The normalized spacial score (nSPS) is 22.9. The van der Waals surface area contributed by atoms with Crippen molar-refractivity contribution in [3.05, 3.63) is 35.4 Å². The van der Waals surface area contributed by atoms with Crippen LogP contribution < -0.4 is 0 Å². The van der Waals surface area contributed by atoms with Gasteiger partial charge in [-0.2, -0.15) is 0 Å². The molecule has 1 aromatic carbocycles. The molecule has 2 rings (SSSR count). The summed E-state index contributed by atoms with van der Waals surface area (Å²) in [5.41, 5.74) is 2.65. The van der Waals surface area contributed by atoms with E-state index in [1.54, 1.807) is 0 Å². The van der Waals surface area contributed by atoms with Gasteiger partial charge in [-0.15, -0.1) is 0 Å². The molecule has 1 heterocycles. The Balaban J connectivity index is 1.93. The zero-order valence-electron chi connectivity index (χ0n) is 9.32. The van der Waals surface area contributed by atoms with E-state index in [0.29, 0.717) is 0 Å². The lowest BCUT2D eigenvalue weighted by molar-refractivity contribution is 0.0668. The molecular formula is C13H19NO. The maximum Gasteiger partial charge on any atom is 0.0667 e. The van der Waals surface area contributed by atoms with Gasteiger partial charge in [0.2, 0.25) is 0 Å². The Morgan fingerprint density at radius 2 is 2.07 bits per heavy atom. The van der Waals surface area contributed by atoms with Crippen LogP contribution in [0, 0.1) is 6.92 Å².